The molecule has 4 heteroatoms. The number of nitrogens with two attached hydrogens (primary N) is 1. The topological polar surface area (TPSA) is 41.6 Å². The van der Waals surface area contributed by atoms with E-state index in [-0.39, 0.29) is 0 Å². The van der Waals surface area contributed by atoms with Crippen LogP contribution in [0.4, 0.5) is 5.69 Å². The minimum atomic E-state index is 0.352. The summed E-state index contributed by atoms with van der Waals surface area (Å²) >= 11 is 6.18. The third kappa shape index (κ3) is 2.00. The molecule has 0 bridgehead atoms. The van der Waals surface area contributed by atoms with Gasteiger partial charge in [0.25, 0.3) is 0 Å². The molecule has 2 N–H and O–H groups in total. The van der Waals surface area contributed by atoms with E-state index in [1.54, 1.807) is 0 Å². The van der Waals surface area contributed by atoms with Gasteiger partial charge in [0.1, 0.15) is 0 Å². The van der Waals surface area contributed by atoms with E-state index >= 15 is 0 Å². The first-order valence-electron chi connectivity index (χ1n) is 5.57. The molecule has 3 nitrogen and oxygen atoms in total. The van der Waals surface area contributed by atoms with Crippen LogP contribution in [0.2, 0.25) is 5.02 Å². The zero-order chi connectivity index (χ0) is 11.5. The molecule has 0 aliphatic carbocycles. The smallest absolute Gasteiger partial charge is 0.196 e. The van der Waals surface area contributed by atoms with Crippen molar-refractivity contribution in [3.8, 4) is 0 Å². The van der Waals surface area contributed by atoms with Crippen LogP contribution in [0.1, 0.15) is 19.8 Å². The zero-order valence-corrected chi connectivity index (χ0v) is 10.1. The highest BCUT2D eigenvalue weighted by Crippen LogP contribution is 2.29. The standard InChI is InChI=1S/C12H16ClN3/c1-2-5-9-8-15-12(14)16(9)11-7-4-3-6-10(11)13/h3-4,6-7,9H,2,5,8H2,1H3,(H2,14,15). The molecule has 0 fully saturated rings. The number of hydrogen-bond acceptors (Lipinski definition) is 3. The highest BCUT2D eigenvalue weighted by atomic mass is 35.5. The Labute approximate surface area is 101 Å². The average molecular weight is 238 g/mol. The summed E-state index contributed by atoms with van der Waals surface area (Å²) in [7, 11) is 0. The Bertz CT molecular complexity index is 403. The third-order valence-corrected chi connectivity index (χ3v) is 3.13. The molecular formula is C12H16ClN3. The Kier molecular flexibility index (Phi) is 3.34. The molecule has 1 aliphatic heterocycles. The molecule has 2 rings (SSSR count). The summed E-state index contributed by atoms with van der Waals surface area (Å²) in [6.45, 7) is 2.93. The number of anilines is 1. The van der Waals surface area contributed by atoms with E-state index in [1.165, 1.54) is 0 Å². The molecule has 16 heavy (non-hydrogen) atoms. The van der Waals surface area contributed by atoms with E-state index in [0.717, 1.165) is 30.1 Å². The fourth-order valence-electron chi connectivity index (χ4n) is 2.06. The van der Waals surface area contributed by atoms with Gasteiger partial charge in [0.2, 0.25) is 0 Å². The van der Waals surface area contributed by atoms with Crippen LogP contribution in [0.3, 0.4) is 0 Å². The Morgan fingerprint density at radius 2 is 2.25 bits per heavy atom. The van der Waals surface area contributed by atoms with E-state index in [4.69, 9.17) is 17.3 Å². The van der Waals surface area contributed by atoms with Gasteiger partial charge in [-0.2, -0.15) is 0 Å². The lowest BCUT2D eigenvalue weighted by atomic mass is 10.1. The molecule has 0 saturated carbocycles. The second-order valence-corrected chi connectivity index (χ2v) is 4.37. The molecule has 86 valence electrons. The maximum atomic E-state index is 6.18. The van der Waals surface area contributed by atoms with E-state index < -0.39 is 0 Å². The first-order chi connectivity index (χ1) is 7.74. The van der Waals surface area contributed by atoms with Crippen LogP contribution in [-0.2, 0) is 0 Å². The van der Waals surface area contributed by atoms with Crippen molar-refractivity contribution in [3.63, 3.8) is 0 Å². The molecule has 0 radical (unpaired) electrons. The van der Waals surface area contributed by atoms with Crippen molar-refractivity contribution in [2.45, 2.75) is 25.8 Å². The largest absolute Gasteiger partial charge is 0.370 e. The molecule has 0 saturated heterocycles. The van der Waals surface area contributed by atoms with Crippen molar-refractivity contribution in [2.24, 2.45) is 10.7 Å². The van der Waals surface area contributed by atoms with Crippen LogP contribution >= 0.6 is 11.6 Å². The number of guanidine groups is 1. The molecule has 1 aromatic rings. The van der Waals surface area contributed by atoms with Gasteiger partial charge in [-0.05, 0) is 18.6 Å². The number of hydrogen-bond donors (Lipinski definition) is 1. The van der Waals surface area contributed by atoms with Crippen LogP contribution in [0.15, 0.2) is 29.3 Å². The van der Waals surface area contributed by atoms with Crippen LogP contribution in [0.25, 0.3) is 0 Å². The van der Waals surface area contributed by atoms with Gasteiger partial charge in [-0.15, -0.1) is 0 Å². The third-order valence-electron chi connectivity index (χ3n) is 2.81. The monoisotopic (exact) mass is 237 g/mol. The second kappa shape index (κ2) is 4.74. The average Bonchev–Trinajstić information content (AvgIpc) is 2.62. The van der Waals surface area contributed by atoms with Crippen molar-refractivity contribution in [1.82, 2.24) is 0 Å². The molecule has 1 unspecified atom stereocenters. The quantitative estimate of drug-likeness (QED) is 0.878. The number of halogens is 1. The maximum absolute atomic E-state index is 6.18. The molecule has 1 heterocycles. The van der Waals surface area contributed by atoms with Gasteiger partial charge >= 0.3 is 0 Å². The fraction of sp³-hybridized carbons (Fsp3) is 0.417. The summed E-state index contributed by atoms with van der Waals surface area (Å²) in [5.41, 5.74) is 6.88. The number of benzene rings is 1. The maximum Gasteiger partial charge on any atom is 0.196 e. The van der Waals surface area contributed by atoms with Crippen molar-refractivity contribution >= 4 is 23.2 Å². The summed E-state index contributed by atoms with van der Waals surface area (Å²) in [5, 5.41) is 0.726. The number of rotatable bonds is 3. The van der Waals surface area contributed by atoms with Gasteiger partial charge in [-0.1, -0.05) is 37.1 Å². The summed E-state index contributed by atoms with van der Waals surface area (Å²) in [6, 6.07) is 8.11. The van der Waals surface area contributed by atoms with Gasteiger partial charge in [0.15, 0.2) is 5.96 Å². The van der Waals surface area contributed by atoms with E-state index in [1.807, 2.05) is 29.2 Å². The summed E-state index contributed by atoms with van der Waals surface area (Å²) < 4.78 is 0. The lowest BCUT2D eigenvalue weighted by Crippen LogP contribution is -2.40. The highest BCUT2D eigenvalue weighted by Gasteiger charge is 2.27. The summed E-state index contributed by atoms with van der Waals surface area (Å²) in [4.78, 5) is 6.34. The number of para-hydroxylation sites is 1. The van der Waals surface area contributed by atoms with Crippen molar-refractivity contribution < 1.29 is 0 Å². The zero-order valence-electron chi connectivity index (χ0n) is 9.36. The van der Waals surface area contributed by atoms with Crippen LogP contribution < -0.4 is 10.6 Å². The van der Waals surface area contributed by atoms with Crippen molar-refractivity contribution in [2.75, 3.05) is 11.4 Å². The van der Waals surface area contributed by atoms with Gasteiger partial charge in [0.05, 0.1) is 23.3 Å². The van der Waals surface area contributed by atoms with Crippen LogP contribution in [-0.4, -0.2) is 18.5 Å². The van der Waals surface area contributed by atoms with Crippen molar-refractivity contribution in [1.29, 1.82) is 0 Å². The van der Waals surface area contributed by atoms with E-state index in [0.29, 0.717) is 12.0 Å². The Morgan fingerprint density at radius 1 is 1.50 bits per heavy atom. The van der Waals surface area contributed by atoms with Crippen LogP contribution in [0, 0.1) is 0 Å². The number of nitrogens with zero attached hydrogens (tertiary/aromatic N) is 2. The minimum Gasteiger partial charge on any atom is -0.370 e. The Balaban J connectivity index is 2.30. The lowest BCUT2D eigenvalue weighted by molar-refractivity contribution is 0.632. The molecule has 0 amide bonds. The molecule has 1 aliphatic rings. The normalized spacial score (nSPS) is 20.0. The molecule has 0 spiro atoms. The van der Waals surface area contributed by atoms with E-state index in [9.17, 15) is 0 Å². The second-order valence-electron chi connectivity index (χ2n) is 3.96. The molecule has 1 aromatic carbocycles. The molecular weight excluding hydrogens is 222 g/mol. The van der Waals surface area contributed by atoms with Crippen LogP contribution in [0.5, 0.6) is 0 Å². The SMILES string of the molecule is CCCC1CN=C(N)N1c1ccccc1Cl. The summed E-state index contributed by atoms with van der Waals surface area (Å²) in [6.07, 6.45) is 2.20. The Hall–Kier alpha value is -1.22. The first kappa shape index (κ1) is 11.3. The number of aliphatic imine (C=N–C) groups is 1. The van der Waals surface area contributed by atoms with Crippen molar-refractivity contribution in [3.05, 3.63) is 29.3 Å². The molecule has 0 aromatic heterocycles. The van der Waals surface area contributed by atoms with Gasteiger partial charge in [-0.3, -0.25) is 4.99 Å². The first-order valence-corrected chi connectivity index (χ1v) is 5.95. The van der Waals surface area contributed by atoms with Gasteiger partial charge in [-0.25, -0.2) is 0 Å². The van der Waals surface area contributed by atoms with E-state index in [2.05, 4.69) is 11.9 Å². The lowest BCUT2D eigenvalue weighted by Gasteiger charge is -2.26. The predicted octanol–water partition coefficient (Wildman–Crippen LogP) is 2.64. The van der Waals surface area contributed by atoms with Gasteiger partial charge < -0.3 is 10.6 Å². The molecule has 1 atom stereocenters. The van der Waals surface area contributed by atoms with Gasteiger partial charge in [0, 0.05) is 0 Å². The highest BCUT2D eigenvalue weighted by molar-refractivity contribution is 6.33. The Morgan fingerprint density at radius 3 is 2.94 bits per heavy atom. The fourth-order valence-corrected chi connectivity index (χ4v) is 2.29. The summed E-state index contributed by atoms with van der Waals surface area (Å²) in [5.74, 6) is 0.576. The minimum absolute atomic E-state index is 0.352. The predicted molar refractivity (Wildman–Crippen MR) is 69.1 cm³/mol.